The summed E-state index contributed by atoms with van der Waals surface area (Å²) in [5.41, 5.74) is 13.9. The average molecular weight is 676 g/mol. The summed E-state index contributed by atoms with van der Waals surface area (Å²) in [6.45, 7) is 0. The highest BCUT2D eigenvalue weighted by molar-refractivity contribution is 6.18. The second-order valence-electron chi connectivity index (χ2n) is 13.5. The fourth-order valence-corrected chi connectivity index (χ4v) is 8.13. The van der Waals surface area contributed by atoms with Gasteiger partial charge in [0.05, 0.1) is 0 Å². The van der Waals surface area contributed by atoms with Crippen molar-refractivity contribution in [3.8, 4) is 78.7 Å². The van der Waals surface area contributed by atoms with Crippen LogP contribution in [0.1, 0.15) is 0 Å². The molecule has 0 atom stereocenters. The smallest absolute Gasteiger partial charge is 0.164 e. The van der Waals surface area contributed by atoms with Crippen molar-refractivity contribution in [3.63, 3.8) is 0 Å². The van der Waals surface area contributed by atoms with E-state index in [0.29, 0.717) is 17.5 Å². The van der Waals surface area contributed by atoms with Crippen LogP contribution < -0.4 is 0 Å². The first kappa shape index (κ1) is 29.5. The van der Waals surface area contributed by atoms with Gasteiger partial charge in [-0.3, -0.25) is 0 Å². The molecule has 11 rings (SSSR count). The summed E-state index contributed by atoms with van der Waals surface area (Å²) in [4.78, 5) is 15.6. The van der Waals surface area contributed by atoms with Gasteiger partial charge in [0.2, 0.25) is 0 Å². The Morgan fingerprint density at radius 3 is 1.68 bits per heavy atom. The van der Waals surface area contributed by atoms with E-state index in [1.165, 1.54) is 33.0 Å². The molecule has 2 aromatic heterocycles. The average Bonchev–Trinajstić information content (AvgIpc) is 3.78. The predicted molar refractivity (Wildman–Crippen MR) is 216 cm³/mol. The van der Waals surface area contributed by atoms with Crippen LogP contribution in [0.5, 0.6) is 0 Å². The van der Waals surface area contributed by atoms with E-state index in [9.17, 15) is 0 Å². The highest BCUT2D eigenvalue weighted by Crippen LogP contribution is 2.52. The van der Waals surface area contributed by atoms with Crippen LogP contribution in [-0.4, -0.2) is 15.0 Å². The molecule has 53 heavy (non-hydrogen) atoms. The molecule has 1 aliphatic rings. The summed E-state index contributed by atoms with van der Waals surface area (Å²) < 4.78 is 6.51. The van der Waals surface area contributed by atoms with Gasteiger partial charge in [-0.05, 0) is 73.5 Å². The first-order valence-electron chi connectivity index (χ1n) is 17.9. The minimum atomic E-state index is 0.597. The molecule has 0 unspecified atom stereocenters. The van der Waals surface area contributed by atoms with E-state index >= 15 is 0 Å². The Bertz CT molecular complexity index is 3050. The Labute approximate surface area is 305 Å². The van der Waals surface area contributed by atoms with E-state index < -0.39 is 0 Å². The van der Waals surface area contributed by atoms with E-state index in [1.807, 2.05) is 36.4 Å². The zero-order chi connectivity index (χ0) is 34.9. The molecule has 0 aliphatic heterocycles. The first-order chi connectivity index (χ1) is 26.3. The van der Waals surface area contributed by atoms with Gasteiger partial charge in [0.25, 0.3) is 0 Å². The summed E-state index contributed by atoms with van der Waals surface area (Å²) in [6.07, 6.45) is 0. The summed E-state index contributed by atoms with van der Waals surface area (Å²) in [6, 6.07) is 61.4. The van der Waals surface area contributed by atoms with Crippen LogP contribution in [0.3, 0.4) is 0 Å². The lowest BCUT2D eigenvalue weighted by Gasteiger charge is -2.15. The molecule has 0 saturated heterocycles. The van der Waals surface area contributed by atoms with Gasteiger partial charge in [0, 0.05) is 27.5 Å². The second-order valence-corrected chi connectivity index (χ2v) is 13.5. The zero-order valence-electron chi connectivity index (χ0n) is 28.5. The Balaban J connectivity index is 1.13. The number of nitrogens with zero attached hydrogens (tertiary/aromatic N) is 3. The summed E-state index contributed by atoms with van der Waals surface area (Å²) >= 11 is 0. The van der Waals surface area contributed by atoms with E-state index in [4.69, 9.17) is 19.4 Å². The number of rotatable bonds is 5. The summed E-state index contributed by atoms with van der Waals surface area (Å²) in [5.74, 6) is 1.83. The Hall–Kier alpha value is -7.17. The molecule has 0 amide bonds. The highest BCUT2D eigenvalue weighted by atomic mass is 16.3. The third-order valence-electron chi connectivity index (χ3n) is 10.5. The molecular formula is C49H29N3O. The molecule has 0 bridgehead atoms. The van der Waals surface area contributed by atoms with Gasteiger partial charge >= 0.3 is 0 Å². The van der Waals surface area contributed by atoms with Gasteiger partial charge in [0.15, 0.2) is 17.5 Å². The molecule has 0 spiro atoms. The minimum absolute atomic E-state index is 0.597. The number of hydrogen-bond acceptors (Lipinski definition) is 4. The fraction of sp³-hybridized carbons (Fsp3) is 0. The lowest BCUT2D eigenvalue weighted by atomic mass is 9.90. The molecule has 246 valence electrons. The van der Waals surface area contributed by atoms with Gasteiger partial charge in [-0.25, -0.2) is 15.0 Å². The van der Waals surface area contributed by atoms with Gasteiger partial charge in [-0.15, -0.1) is 0 Å². The lowest BCUT2D eigenvalue weighted by molar-refractivity contribution is 0.669. The largest absolute Gasteiger partial charge is 0.456 e. The monoisotopic (exact) mass is 675 g/mol. The molecule has 1 aliphatic carbocycles. The van der Waals surface area contributed by atoms with E-state index in [0.717, 1.165) is 60.9 Å². The van der Waals surface area contributed by atoms with Crippen LogP contribution in [0.25, 0.3) is 111 Å². The molecule has 0 saturated carbocycles. The molecule has 0 radical (unpaired) electrons. The number of fused-ring (bicyclic) bond motifs is 6. The van der Waals surface area contributed by atoms with Crippen molar-refractivity contribution in [1.29, 1.82) is 0 Å². The molecule has 10 aromatic rings. The van der Waals surface area contributed by atoms with E-state index in [-0.39, 0.29) is 0 Å². The maximum absolute atomic E-state index is 6.51. The maximum Gasteiger partial charge on any atom is 0.164 e. The summed E-state index contributed by atoms with van der Waals surface area (Å²) in [7, 11) is 0. The number of hydrogen-bond donors (Lipinski definition) is 0. The van der Waals surface area contributed by atoms with Crippen LogP contribution in [0.15, 0.2) is 180 Å². The van der Waals surface area contributed by atoms with Crippen molar-refractivity contribution in [2.75, 3.05) is 0 Å². The molecule has 4 heteroatoms. The number of benzene rings is 8. The SMILES string of the molecule is c1ccc(-c2ccc3c(c2)oc2cccc(-c4nc(-c5ccccc5)nc(-c5ccccc5-c5cccc6c5-c5cccc7cccc-6c57)n4)c23)cc1. The topological polar surface area (TPSA) is 51.8 Å². The molecule has 2 heterocycles. The van der Waals surface area contributed by atoms with Crippen LogP contribution in [0.4, 0.5) is 0 Å². The number of aromatic nitrogens is 3. The molecule has 4 nitrogen and oxygen atoms in total. The second kappa shape index (κ2) is 11.7. The van der Waals surface area contributed by atoms with Gasteiger partial charge in [0.1, 0.15) is 11.2 Å². The quantitative estimate of drug-likeness (QED) is 0.182. The minimum Gasteiger partial charge on any atom is -0.456 e. The van der Waals surface area contributed by atoms with E-state index in [1.54, 1.807) is 0 Å². The number of furan rings is 1. The maximum atomic E-state index is 6.51. The lowest BCUT2D eigenvalue weighted by Crippen LogP contribution is -2.01. The van der Waals surface area contributed by atoms with Gasteiger partial charge < -0.3 is 4.42 Å². The zero-order valence-corrected chi connectivity index (χ0v) is 28.5. The molecule has 0 fully saturated rings. The van der Waals surface area contributed by atoms with Crippen LogP contribution in [0.2, 0.25) is 0 Å². The van der Waals surface area contributed by atoms with Crippen LogP contribution >= 0.6 is 0 Å². The van der Waals surface area contributed by atoms with Gasteiger partial charge in [-0.1, -0.05) is 158 Å². The van der Waals surface area contributed by atoms with Crippen LogP contribution in [-0.2, 0) is 0 Å². The van der Waals surface area contributed by atoms with Crippen LogP contribution in [0, 0.1) is 0 Å². The van der Waals surface area contributed by atoms with Crippen molar-refractivity contribution in [3.05, 3.63) is 176 Å². The van der Waals surface area contributed by atoms with Crippen molar-refractivity contribution < 1.29 is 4.42 Å². The Kier molecular flexibility index (Phi) is 6.52. The van der Waals surface area contributed by atoms with E-state index in [2.05, 4.69) is 140 Å². The first-order valence-corrected chi connectivity index (χ1v) is 17.9. The van der Waals surface area contributed by atoms with Crippen molar-refractivity contribution >= 4 is 32.7 Å². The molecule has 8 aromatic carbocycles. The third-order valence-corrected chi connectivity index (χ3v) is 10.5. The fourth-order valence-electron chi connectivity index (χ4n) is 8.13. The molecular weight excluding hydrogens is 647 g/mol. The van der Waals surface area contributed by atoms with Crippen molar-refractivity contribution in [1.82, 2.24) is 15.0 Å². The highest BCUT2D eigenvalue weighted by Gasteiger charge is 2.26. The Morgan fingerprint density at radius 2 is 0.887 bits per heavy atom. The predicted octanol–water partition coefficient (Wildman–Crippen LogP) is 12.9. The Morgan fingerprint density at radius 1 is 0.321 bits per heavy atom. The van der Waals surface area contributed by atoms with Crippen molar-refractivity contribution in [2.24, 2.45) is 0 Å². The van der Waals surface area contributed by atoms with Crippen molar-refractivity contribution in [2.45, 2.75) is 0 Å². The standard InChI is InChI=1S/C49H29N3O/c1-3-13-30(14-4-1)33-27-28-39-43(29-33)53-42-26-12-25-41(46(39)42)49-51-47(32-15-5-2-6-16-32)50-48(52-49)38-20-8-7-19-34(38)35-22-11-23-37-36-21-9-17-31-18-10-24-40(44(31)36)45(35)37/h1-29H. The third kappa shape index (κ3) is 4.66. The molecule has 0 N–H and O–H groups in total. The van der Waals surface area contributed by atoms with Gasteiger partial charge in [-0.2, -0.15) is 0 Å². The summed E-state index contributed by atoms with van der Waals surface area (Å²) in [5, 5.41) is 4.56. The normalized spacial score (nSPS) is 11.8.